The Morgan fingerprint density at radius 2 is 2.31 bits per heavy atom. The second kappa shape index (κ2) is 5.30. The van der Waals surface area contributed by atoms with Crippen molar-refractivity contribution in [3.8, 4) is 0 Å². The van der Waals surface area contributed by atoms with Crippen LogP contribution in [0.15, 0.2) is 17.5 Å². The van der Waals surface area contributed by atoms with Gasteiger partial charge in [0.05, 0.1) is 0 Å². The van der Waals surface area contributed by atoms with E-state index < -0.39 is 0 Å². The standard InChI is InChI=1S/C13H21NOS/c1-14(8-5-12-4-2-9-16-12)10-13(11-15)6-3-7-13/h2,4,9,15H,3,5-8,10-11H2,1H3. The summed E-state index contributed by atoms with van der Waals surface area (Å²) in [6.07, 6.45) is 4.83. The predicted molar refractivity (Wildman–Crippen MR) is 68.9 cm³/mol. The summed E-state index contributed by atoms with van der Waals surface area (Å²) in [5.41, 5.74) is 0.226. The first-order chi connectivity index (χ1) is 7.74. The molecule has 0 atom stereocenters. The monoisotopic (exact) mass is 239 g/mol. The Balaban J connectivity index is 1.73. The Morgan fingerprint density at radius 1 is 1.50 bits per heavy atom. The van der Waals surface area contributed by atoms with Crippen LogP contribution in [0.3, 0.4) is 0 Å². The van der Waals surface area contributed by atoms with E-state index in [0.29, 0.717) is 6.61 Å². The third-order valence-electron chi connectivity index (χ3n) is 3.67. The van der Waals surface area contributed by atoms with E-state index >= 15 is 0 Å². The van der Waals surface area contributed by atoms with Gasteiger partial charge in [-0.3, -0.25) is 0 Å². The van der Waals surface area contributed by atoms with Gasteiger partial charge >= 0.3 is 0 Å². The molecule has 1 heterocycles. The molecule has 0 amide bonds. The molecule has 90 valence electrons. The maximum Gasteiger partial charge on any atom is 0.0499 e. The van der Waals surface area contributed by atoms with E-state index in [1.54, 1.807) is 0 Å². The minimum absolute atomic E-state index is 0.226. The van der Waals surface area contributed by atoms with Crippen LogP contribution >= 0.6 is 11.3 Å². The Labute approximate surface area is 102 Å². The molecule has 0 aliphatic heterocycles. The molecular weight excluding hydrogens is 218 g/mol. The number of aliphatic hydroxyl groups excluding tert-OH is 1. The molecule has 1 fully saturated rings. The number of rotatable bonds is 6. The zero-order valence-electron chi connectivity index (χ0n) is 9.98. The minimum atomic E-state index is 0.226. The summed E-state index contributed by atoms with van der Waals surface area (Å²) in [4.78, 5) is 3.83. The molecule has 0 aromatic carbocycles. The number of hydrogen-bond acceptors (Lipinski definition) is 3. The zero-order chi connectivity index (χ0) is 11.4. The number of aliphatic hydroxyl groups is 1. The van der Waals surface area contributed by atoms with E-state index in [4.69, 9.17) is 0 Å². The molecule has 0 bridgehead atoms. The van der Waals surface area contributed by atoms with Crippen molar-refractivity contribution in [2.75, 3.05) is 26.7 Å². The topological polar surface area (TPSA) is 23.5 Å². The molecule has 1 aromatic heterocycles. The van der Waals surface area contributed by atoms with Crippen LogP contribution in [-0.4, -0.2) is 36.8 Å². The van der Waals surface area contributed by atoms with Crippen LogP contribution in [0, 0.1) is 5.41 Å². The van der Waals surface area contributed by atoms with E-state index in [2.05, 4.69) is 29.5 Å². The van der Waals surface area contributed by atoms with Crippen molar-refractivity contribution in [3.05, 3.63) is 22.4 Å². The van der Waals surface area contributed by atoms with Crippen molar-refractivity contribution in [1.82, 2.24) is 4.90 Å². The molecule has 1 aliphatic rings. The Morgan fingerprint density at radius 3 is 2.81 bits per heavy atom. The van der Waals surface area contributed by atoms with E-state index in [1.807, 2.05) is 11.3 Å². The lowest BCUT2D eigenvalue weighted by atomic mass is 9.69. The largest absolute Gasteiger partial charge is 0.396 e. The molecule has 3 heteroatoms. The molecule has 0 saturated heterocycles. The molecule has 2 nitrogen and oxygen atoms in total. The number of thiophene rings is 1. The summed E-state index contributed by atoms with van der Waals surface area (Å²) in [6, 6.07) is 4.31. The van der Waals surface area contributed by atoms with Gasteiger partial charge in [-0.25, -0.2) is 0 Å². The average molecular weight is 239 g/mol. The molecule has 1 aromatic rings. The number of hydrogen-bond donors (Lipinski definition) is 1. The van der Waals surface area contributed by atoms with Gasteiger partial charge in [-0.05, 0) is 37.8 Å². The summed E-state index contributed by atoms with van der Waals surface area (Å²) in [6.45, 7) is 2.51. The van der Waals surface area contributed by atoms with Crippen LogP contribution in [0.1, 0.15) is 24.1 Å². The maximum atomic E-state index is 9.41. The quantitative estimate of drug-likeness (QED) is 0.824. The second-order valence-electron chi connectivity index (χ2n) is 5.08. The first-order valence-corrected chi connectivity index (χ1v) is 6.94. The van der Waals surface area contributed by atoms with Gasteiger partial charge in [-0.2, -0.15) is 0 Å². The van der Waals surface area contributed by atoms with Crippen molar-refractivity contribution >= 4 is 11.3 Å². The molecule has 0 unspecified atom stereocenters. The average Bonchev–Trinajstić information content (AvgIpc) is 2.73. The highest BCUT2D eigenvalue weighted by atomic mass is 32.1. The highest BCUT2D eigenvalue weighted by Crippen LogP contribution is 2.40. The lowest BCUT2D eigenvalue weighted by molar-refractivity contribution is 0.0149. The third kappa shape index (κ3) is 2.84. The Hall–Kier alpha value is -0.380. The molecule has 2 rings (SSSR count). The SMILES string of the molecule is CN(CCc1cccs1)CC1(CO)CCC1. The van der Waals surface area contributed by atoms with Crippen LogP contribution < -0.4 is 0 Å². The summed E-state index contributed by atoms with van der Waals surface area (Å²) < 4.78 is 0. The van der Waals surface area contributed by atoms with Crippen LogP contribution in [0.2, 0.25) is 0 Å². The van der Waals surface area contributed by atoms with Crippen molar-refractivity contribution in [2.24, 2.45) is 5.41 Å². The van der Waals surface area contributed by atoms with Gasteiger partial charge in [0, 0.05) is 30.0 Å². The van der Waals surface area contributed by atoms with E-state index in [-0.39, 0.29) is 5.41 Å². The van der Waals surface area contributed by atoms with E-state index in [9.17, 15) is 5.11 Å². The van der Waals surface area contributed by atoms with E-state index in [0.717, 1.165) is 19.5 Å². The van der Waals surface area contributed by atoms with Crippen LogP contribution in [0.4, 0.5) is 0 Å². The first kappa shape index (κ1) is 12.1. The number of likely N-dealkylation sites (N-methyl/N-ethyl adjacent to an activating group) is 1. The van der Waals surface area contributed by atoms with Crippen LogP contribution in [0.25, 0.3) is 0 Å². The number of nitrogens with zero attached hydrogens (tertiary/aromatic N) is 1. The van der Waals surface area contributed by atoms with Gasteiger partial charge in [-0.1, -0.05) is 12.5 Å². The van der Waals surface area contributed by atoms with Crippen LogP contribution in [0.5, 0.6) is 0 Å². The lowest BCUT2D eigenvalue weighted by Crippen LogP contribution is -2.44. The minimum Gasteiger partial charge on any atom is -0.396 e. The molecule has 0 spiro atoms. The van der Waals surface area contributed by atoms with Gasteiger partial charge in [0.1, 0.15) is 0 Å². The fourth-order valence-electron chi connectivity index (χ4n) is 2.45. The molecule has 1 aliphatic carbocycles. The highest BCUT2D eigenvalue weighted by molar-refractivity contribution is 7.09. The van der Waals surface area contributed by atoms with Crippen molar-refractivity contribution < 1.29 is 5.11 Å². The van der Waals surface area contributed by atoms with Crippen molar-refractivity contribution in [3.63, 3.8) is 0 Å². The van der Waals surface area contributed by atoms with Crippen molar-refractivity contribution in [1.29, 1.82) is 0 Å². The summed E-state index contributed by atoms with van der Waals surface area (Å²) in [7, 11) is 2.17. The first-order valence-electron chi connectivity index (χ1n) is 6.06. The van der Waals surface area contributed by atoms with E-state index in [1.165, 1.54) is 24.1 Å². The smallest absolute Gasteiger partial charge is 0.0499 e. The molecule has 1 N–H and O–H groups in total. The summed E-state index contributed by atoms with van der Waals surface area (Å²) in [5.74, 6) is 0. The van der Waals surface area contributed by atoms with Gasteiger partial charge in [0.25, 0.3) is 0 Å². The fraction of sp³-hybridized carbons (Fsp3) is 0.692. The van der Waals surface area contributed by atoms with Gasteiger partial charge in [-0.15, -0.1) is 11.3 Å². The van der Waals surface area contributed by atoms with Gasteiger partial charge in [0.2, 0.25) is 0 Å². The van der Waals surface area contributed by atoms with Crippen molar-refractivity contribution in [2.45, 2.75) is 25.7 Å². The lowest BCUT2D eigenvalue weighted by Gasteiger charge is -2.43. The summed E-state index contributed by atoms with van der Waals surface area (Å²) in [5, 5.41) is 11.5. The Bertz CT molecular complexity index is 300. The fourth-order valence-corrected chi connectivity index (χ4v) is 3.15. The molecule has 0 radical (unpaired) electrons. The molecular formula is C13H21NOS. The molecule has 1 saturated carbocycles. The van der Waals surface area contributed by atoms with Gasteiger partial charge in [0.15, 0.2) is 0 Å². The maximum absolute atomic E-state index is 9.41. The van der Waals surface area contributed by atoms with Gasteiger partial charge < -0.3 is 10.0 Å². The zero-order valence-corrected chi connectivity index (χ0v) is 10.8. The Kier molecular flexibility index (Phi) is 4.00. The third-order valence-corrected chi connectivity index (χ3v) is 4.61. The molecule has 16 heavy (non-hydrogen) atoms. The summed E-state index contributed by atoms with van der Waals surface area (Å²) >= 11 is 1.83. The normalized spacial score (nSPS) is 18.7. The second-order valence-corrected chi connectivity index (χ2v) is 6.11. The predicted octanol–water partition coefficient (Wildman–Crippen LogP) is 2.39. The van der Waals surface area contributed by atoms with Crippen LogP contribution in [-0.2, 0) is 6.42 Å². The highest BCUT2D eigenvalue weighted by Gasteiger charge is 2.36.